The highest BCUT2D eigenvalue weighted by Gasteiger charge is 2.13. The molecule has 0 atom stereocenters. The average Bonchev–Trinajstić information content (AvgIpc) is 2.27. The lowest BCUT2D eigenvalue weighted by Crippen LogP contribution is -2.41. The van der Waals surface area contributed by atoms with Gasteiger partial charge in [-0.1, -0.05) is 0 Å². The molecule has 2 N–H and O–H groups in total. The Morgan fingerprint density at radius 1 is 1.42 bits per heavy atom. The summed E-state index contributed by atoms with van der Waals surface area (Å²) in [6.07, 6.45) is 1.65. The van der Waals surface area contributed by atoms with E-state index < -0.39 is 0 Å². The van der Waals surface area contributed by atoms with Crippen LogP contribution < -0.4 is 15.4 Å². The average molecular weight is 265 g/mol. The van der Waals surface area contributed by atoms with Crippen LogP contribution >= 0.6 is 0 Å². The lowest BCUT2D eigenvalue weighted by Gasteiger charge is -2.20. The molecule has 5 nitrogen and oxygen atoms in total. The van der Waals surface area contributed by atoms with Crippen molar-refractivity contribution in [3.8, 4) is 5.88 Å². The van der Waals surface area contributed by atoms with Gasteiger partial charge < -0.3 is 15.4 Å². The van der Waals surface area contributed by atoms with Gasteiger partial charge in [0.25, 0.3) is 0 Å². The Kier molecular flexibility index (Phi) is 5.30. The number of carbonyl (C=O) groups is 1. The van der Waals surface area contributed by atoms with E-state index in [1.165, 1.54) is 0 Å². The molecule has 1 rings (SSSR count). The molecular weight excluding hydrogens is 242 g/mol. The van der Waals surface area contributed by atoms with Gasteiger partial charge in [0.05, 0.1) is 12.6 Å². The molecule has 0 aliphatic heterocycles. The molecule has 1 heterocycles. The minimum absolute atomic E-state index is 0.0123. The first-order chi connectivity index (χ1) is 8.78. The summed E-state index contributed by atoms with van der Waals surface area (Å²) in [7, 11) is 0. The number of hydrogen-bond acceptors (Lipinski definition) is 4. The van der Waals surface area contributed by atoms with Crippen LogP contribution in [0.15, 0.2) is 18.3 Å². The summed E-state index contributed by atoms with van der Waals surface area (Å²) in [6, 6.07) is 3.54. The number of amides is 1. The van der Waals surface area contributed by atoms with Gasteiger partial charge in [-0.3, -0.25) is 4.79 Å². The van der Waals surface area contributed by atoms with E-state index in [2.05, 4.69) is 15.6 Å². The molecule has 0 aliphatic rings. The smallest absolute Gasteiger partial charge is 0.238 e. The summed E-state index contributed by atoms with van der Waals surface area (Å²) in [5, 5.41) is 5.93. The van der Waals surface area contributed by atoms with Crippen LogP contribution in [0.3, 0.4) is 0 Å². The van der Waals surface area contributed by atoms with Crippen LogP contribution in [0.1, 0.15) is 34.6 Å². The fraction of sp³-hybridized carbons (Fsp3) is 0.571. The molecule has 0 saturated heterocycles. The molecule has 0 saturated carbocycles. The van der Waals surface area contributed by atoms with Gasteiger partial charge in [-0.25, -0.2) is 4.98 Å². The molecule has 0 spiro atoms. The van der Waals surface area contributed by atoms with E-state index in [0.29, 0.717) is 11.6 Å². The second kappa shape index (κ2) is 6.52. The van der Waals surface area contributed by atoms with Crippen molar-refractivity contribution < 1.29 is 9.53 Å². The molecular formula is C14H23N3O2. The Hall–Kier alpha value is -1.62. The van der Waals surface area contributed by atoms with Crippen molar-refractivity contribution in [2.45, 2.75) is 46.3 Å². The first-order valence-electron chi connectivity index (χ1n) is 6.44. The summed E-state index contributed by atoms with van der Waals surface area (Å²) < 4.78 is 5.55. The fourth-order valence-corrected chi connectivity index (χ4v) is 1.34. The van der Waals surface area contributed by atoms with Gasteiger partial charge >= 0.3 is 0 Å². The number of aromatic nitrogens is 1. The number of ether oxygens (including phenoxy) is 1. The van der Waals surface area contributed by atoms with Crippen molar-refractivity contribution >= 4 is 11.6 Å². The first kappa shape index (κ1) is 15.4. The maximum atomic E-state index is 11.8. The number of pyridine rings is 1. The number of hydrogen-bond donors (Lipinski definition) is 2. The van der Waals surface area contributed by atoms with Gasteiger partial charge in [0.15, 0.2) is 0 Å². The van der Waals surface area contributed by atoms with Crippen molar-refractivity contribution in [2.75, 3.05) is 11.9 Å². The van der Waals surface area contributed by atoms with Gasteiger partial charge in [-0.05, 0) is 46.8 Å². The number of nitrogens with one attached hydrogen (secondary N) is 2. The van der Waals surface area contributed by atoms with Crippen LogP contribution in [0.4, 0.5) is 5.69 Å². The number of nitrogens with zero attached hydrogens (tertiary/aromatic N) is 1. The second-order valence-electron chi connectivity index (χ2n) is 5.67. The summed E-state index contributed by atoms with van der Waals surface area (Å²) in [5.41, 5.74) is 0.501. The highest BCUT2D eigenvalue weighted by atomic mass is 16.5. The van der Waals surface area contributed by atoms with E-state index in [4.69, 9.17) is 4.74 Å². The van der Waals surface area contributed by atoms with Crippen LogP contribution in [0, 0.1) is 0 Å². The molecule has 0 aromatic carbocycles. The predicted octanol–water partition coefficient (Wildman–Crippen LogP) is 2.20. The first-order valence-corrected chi connectivity index (χ1v) is 6.44. The normalized spacial score (nSPS) is 11.5. The minimum atomic E-state index is -0.114. The molecule has 19 heavy (non-hydrogen) atoms. The number of carbonyl (C=O) groups excluding carboxylic acids is 1. The quantitative estimate of drug-likeness (QED) is 0.856. The highest BCUT2D eigenvalue weighted by molar-refractivity contribution is 5.93. The van der Waals surface area contributed by atoms with Crippen LogP contribution in [0.2, 0.25) is 0 Å². The molecule has 106 valence electrons. The standard InChI is InChI=1S/C14H23N3O2/c1-10(2)19-13-11(7-6-8-15-13)17-12(18)9-16-14(3,4)5/h6-8,10,16H,9H2,1-5H3,(H,17,18). The molecule has 1 aromatic heterocycles. The topological polar surface area (TPSA) is 63.2 Å². The van der Waals surface area contributed by atoms with Gasteiger partial charge in [0, 0.05) is 11.7 Å². The van der Waals surface area contributed by atoms with E-state index in [1.807, 2.05) is 34.6 Å². The molecule has 0 bridgehead atoms. The molecule has 5 heteroatoms. The largest absolute Gasteiger partial charge is 0.473 e. The Morgan fingerprint density at radius 2 is 2.11 bits per heavy atom. The lowest BCUT2D eigenvalue weighted by molar-refractivity contribution is -0.115. The third-order valence-electron chi connectivity index (χ3n) is 2.17. The van der Waals surface area contributed by atoms with Crippen molar-refractivity contribution in [2.24, 2.45) is 0 Å². The van der Waals surface area contributed by atoms with E-state index in [0.717, 1.165) is 0 Å². The van der Waals surface area contributed by atoms with Crippen molar-refractivity contribution in [3.63, 3.8) is 0 Å². The van der Waals surface area contributed by atoms with Gasteiger partial charge in [-0.15, -0.1) is 0 Å². The molecule has 0 fully saturated rings. The van der Waals surface area contributed by atoms with Gasteiger partial charge in [0.2, 0.25) is 11.8 Å². The van der Waals surface area contributed by atoms with Crippen molar-refractivity contribution in [1.29, 1.82) is 0 Å². The zero-order valence-corrected chi connectivity index (χ0v) is 12.3. The zero-order valence-electron chi connectivity index (χ0n) is 12.3. The van der Waals surface area contributed by atoms with Crippen LogP contribution in [-0.2, 0) is 4.79 Å². The molecule has 0 radical (unpaired) electrons. The van der Waals surface area contributed by atoms with E-state index in [1.54, 1.807) is 18.3 Å². The summed E-state index contributed by atoms with van der Waals surface area (Å²) >= 11 is 0. The van der Waals surface area contributed by atoms with Crippen molar-refractivity contribution in [1.82, 2.24) is 10.3 Å². The maximum Gasteiger partial charge on any atom is 0.238 e. The SMILES string of the molecule is CC(C)Oc1ncccc1NC(=O)CNC(C)(C)C. The predicted molar refractivity (Wildman–Crippen MR) is 76.4 cm³/mol. The monoisotopic (exact) mass is 265 g/mol. The van der Waals surface area contributed by atoms with E-state index in [-0.39, 0.29) is 24.1 Å². The number of rotatable bonds is 5. The summed E-state index contributed by atoms with van der Waals surface area (Å²) in [5.74, 6) is 0.332. The maximum absolute atomic E-state index is 11.8. The zero-order chi connectivity index (χ0) is 14.5. The van der Waals surface area contributed by atoms with E-state index in [9.17, 15) is 4.79 Å². The number of anilines is 1. The third kappa shape index (κ3) is 6.20. The molecule has 1 aromatic rings. The third-order valence-corrected chi connectivity index (χ3v) is 2.17. The van der Waals surface area contributed by atoms with Crippen LogP contribution in [-0.4, -0.2) is 29.1 Å². The molecule has 0 aliphatic carbocycles. The Labute approximate surface area is 114 Å². The lowest BCUT2D eigenvalue weighted by atomic mass is 10.1. The fourth-order valence-electron chi connectivity index (χ4n) is 1.34. The Bertz CT molecular complexity index is 425. The Morgan fingerprint density at radius 3 is 2.68 bits per heavy atom. The summed E-state index contributed by atoms with van der Waals surface area (Å²) in [6.45, 7) is 10.1. The van der Waals surface area contributed by atoms with E-state index >= 15 is 0 Å². The second-order valence-corrected chi connectivity index (χ2v) is 5.67. The van der Waals surface area contributed by atoms with Crippen LogP contribution in [0.25, 0.3) is 0 Å². The highest BCUT2D eigenvalue weighted by Crippen LogP contribution is 2.21. The molecule has 1 amide bonds. The van der Waals surface area contributed by atoms with Gasteiger partial charge in [-0.2, -0.15) is 0 Å². The van der Waals surface area contributed by atoms with Crippen molar-refractivity contribution in [3.05, 3.63) is 18.3 Å². The Balaban J connectivity index is 2.63. The summed E-state index contributed by atoms with van der Waals surface area (Å²) in [4.78, 5) is 16.0. The minimum Gasteiger partial charge on any atom is -0.473 e. The van der Waals surface area contributed by atoms with Gasteiger partial charge in [0.1, 0.15) is 5.69 Å². The van der Waals surface area contributed by atoms with Crippen LogP contribution in [0.5, 0.6) is 5.88 Å². The molecule has 0 unspecified atom stereocenters.